The smallest absolute Gasteiger partial charge is 0.417 e. The van der Waals surface area contributed by atoms with Gasteiger partial charge in [0.25, 0.3) is 5.56 Å². The highest BCUT2D eigenvalue weighted by Gasteiger charge is 2.32. The van der Waals surface area contributed by atoms with Gasteiger partial charge in [-0.25, -0.2) is 4.79 Å². The van der Waals surface area contributed by atoms with Crippen LogP contribution in [-0.4, -0.2) is 17.1 Å². The van der Waals surface area contributed by atoms with E-state index in [4.69, 9.17) is 0 Å². The molecule has 0 saturated carbocycles. The highest BCUT2D eigenvalue weighted by Crippen LogP contribution is 2.28. The molecule has 0 aromatic carbocycles. The van der Waals surface area contributed by atoms with Crippen LogP contribution in [0.25, 0.3) is 0 Å². The van der Waals surface area contributed by atoms with Crippen LogP contribution in [0.2, 0.25) is 0 Å². The maximum atomic E-state index is 12.4. The molecule has 4 nitrogen and oxygen atoms in total. The molecule has 0 radical (unpaired) electrons. The van der Waals surface area contributed by atoms with E-state index in [9.17, 15) is 22.8 Å². The van der Waals surface area contributed by atoms with Gasteiger partial charge >= 0.3 is 12.1 Å². The van der Waals surface area contributed by atoms with Crippen LogP contribution >= 0.6 is 0 Å². The number of aromatic nitrogens is 1. The minimum absolute atomic E-state index is 0.476. The van der Waals surface area contributed by atoms with E-state index in [0.29, 0.717) is 12.3 Å². The summed E-state index contributed by atoms with van der Waals surface area (Å²) in [6.45, 7) is 3.05. The zero-order valence-electron chi connectivity index (χ0n) is 9.09. The molecular formula is C10H10F3NO3. The second-order valence-electron chi connectivity index (χ2n) is 3.58. The Bertz CT molecular complexity index is 476. The van der Waals surface area contributed by atoms with E-state index in [1.807, 2.05) is 4.98 Å². The Kier molecular flexibility index (Phi) is 3.59. The molecule has 0 bridgehead atoms. The van der Waals surface area contributed by atoms with Crippen LogP contribution in [-0.2, 0) is 10.9 Å². The summed E-state index contributed by atoms with van der Waals surface area (Å²) in [6, 6.07) is 0.476. The average Bonchev–Trinajstić information content (AvgIpc) is 2.15. The van der Waals surface area contributed by atoms with Gasteiger partial charge in [-0.3, -0.25) is 4.79 Å². The van der Waals surface area contributed by atoms with Gasteiger partial charge in [0.05, 0.1) is 11.7 Å². The van der Waals surface area contributed by atoms with Gasteiger partial charge in [-0.1, -0.05) is 0 Å². The minimum Gasteiger partial charge on any atom is -0.459 e. The van der Waals surface area contributed by atoms with E-state index in [-0.39, 0.29) is 0 Å². The van der Waals surface area contributed by atoms with Crippen molar-refractivity contribution in [3.8, 4) is 0 Å². The van der Waals surface area contributed by atoms with Gasteiger partial charge in [-0.05, 0) is 19.9 Å². The third-order valence-electron chi connectivity index (χ3n) is 1.79. The molecule has 0 amide bonds. The topological polar surface area (TPSA) is 59.2 Å². The number of carbonyl (C=O) groups excluding carboxylic acids is 1. The Labute approximate surface area is 94.4 Å². The van der Waals surface area contributed by atoms with Crippen LogP contribution in [0.3, 0.4) is 0 Å². The number of rotatable bonds is 2. The number of halogens is 3. The van der Waals surface area contributed by atoms with E-state index < -0.39 is 34.9 Å². The Morgan fingerprint density at radius 2 is 2.00 bits per heavy atom. The van der Waals surface area contributed by atoms with E-state index in [2.05, 4.69) is 4.74 Å². The lowest BCUT2D eigenvalue weighted by Crippen LogP contribution is -2.23. The molecule has 17 heavy (non-hydrogen) atoms. The lowest BCUT2D eigenvalue weighted by Gasteiger charge is -2.09. The molecule has 1 aromatic rings. The van der Waals surface area contributed by atoms with Gasteiger partial charge in [-0.2, -0.15) is 13.2 Å². The van der Waals surface area contributed by atoms with Gasteiger partial charge in [0.15, 0.2) is 0 Å². The number of hydrogen-bond acceptors (Lipinski definition) is 3. The van der Waals surface area contributed by atoms with E-state index in [0.717, 1.165) is 0 Å². The summed E-state index contributed by atoms with van der Waals surface area (Å²) in [5.41, 5.74) is -2.68. The number of alkyl halides is 3. The summed E-state index contributed by atoms with van der Waals surface area (Å²) >= 11 is 0. The summed E-state index contributed by atoms with van der Waals surface area (Å²) in [7, 11) is 0. The quantitative estimate of drug-likeness (QED) is 0.815. The molecule has 0 unspecified atom stereocenters. The Morgan fingerprint density at radius 1 is 1.41 bits per heavy atom. The van der Waals surface area contributed by atoms with Gasteiger partial charge < -0.3 is 9.72 Å². The average molecular weight is 249 g/mol. The van der Waals surface area contributed by atoms with E-state index in [1.54, 1.807) is 0 Å². The first-order valence-electron chi connectivity index (χ1n) is 4.72. The predicted octanol–water partition coefficient (Wildman–Crippen LogP) is 1.96. The van der Waals surface area contributed by atoms with Crippen LogP contribution in [0.4, 0.5) is 13.2 Å². The maximum Gasteiger partial charge on any atom is 0.417 e. The summed E-state index contributed by atoms with van der Waals surface area (Å²) in [6.07, 6.45) is -4.64. The Morgan fingerprint density at radius 3 is 2.47 bits per heavy atom. The third-order valence-corrected chi connectivity index (χ3v) is 1.79. The highest BCUT2D eigenvalue weighted by molar-refractivity contribution is 5.89. The van der Waals surface area contributed by atoms with Crippen molar-refractivity contribution < 1.29 is 22.7 Å². The van der Waals surface area contributed by atoms with Gasteiger partial charge in [0.1, 0.15) is 5.56 Å². The number of nitrogens with one attached hydrogen (secondary N) is 1. The van der Waals surface area contributed by atoms with Crippen molar-refractivity contribution >= 4 is 5.97 Å². The largest absolute Gasteiger partial charge is 0.459 e. The van der Waals surface area contributed by atoms with Crippen LogP contribution in [0, 0.1) is 0 Å². The molecule has 1 rings (SSSR count). The number of hydrogen-bond donors (Lipinski definition) is 1. The molecule has 0 aliphatic carbocycles. The van der Waals surface area contributed by atoms with Crippen molar-refractivity contribution in [3.63, 3.8) is 0 Å². The van der Waals surface area contributed by atoms with Gasteiger partial charge in [0, 0.05) is 6.20 Å². The normalized spacial score (nSPS) is 11.6. The van der Waals surface area contributed by atoms with E-state index in [1.165, 1.54) is 13.8 Å². The lowest BCUT2D eigenvalue weighted by atomic mass is 10.2. The SMILES string of the molecule is CC(C)OC(=O)c1cc(C(F)(F)F)c[nH]c1=O. The summed E-state index contributed by atoms with van der Waals surface area (Å²) in [5.74, 6) is -1.08. The lowest BCUT2D eigenvalue weighted by molar-refractivity contribution is -0.137. The first kappa shape index (κ1) is 13.3. The fourth-order valence-electron chi connectivity index (χ4n) is 1.08. The second kappa shape index (κ2) is 4.60. The molecule has 7 heteroatoms. The van der Waals surface area contributed by atoms with Crippen molar-refractivity contribution in [2.75, 3.05) is 0 Å². The third kappa shape index (κ3) is 3.33. The zero-order chi connectivity index (χ0) is 13.2. The molecule has 94 valence electrons. The molecule has 0 fully saturated rings. The number of ether oxygens (including phenoxy) is 1. The standard InChI is InChI=1S/C10H10F3NO3/c1-5(2)17-9(16)7-3-6(10(11,12)13)4-14-8(7)15/h3-5H,1-2H3,(H,14,15). The Hall–Kier alpha value is -1.79. The predicted molar refractivity (Wildman–Crippen MR) is 52.6 cm³/mol. The van der Waals surface area contributed by atoms with E-state index >= 15 is 0 Å². The van der Waals surface area contributed by atoms with Crippen LogP contribution in [0.5, 0.6) is 0 Å². The Balaban J connectivity index is 3.16. The van der Waals surface area contributed by atoms with Crippen LogP contribution in [0.15, 0.2) is 17.1 Å². The molecule has 0 aliphatic rings. The van der Waals surface area contributed by atoms with Gasteiger partial charge in [0.2, 0.25) is 0 Å². The maximum absolute atomic E-state index is 12.4. The summed E-state index contributed by atoms with van der Waals surface area (Å²) < 4.78 is 41.7. The number of esters is 1. The molecule has 1 N–H and O–H groups in total. The molecule has 0 spiro atoms. The van der Waals surface area contributed by atoms with Crippen molar-refractivity contribution in [1.29, 1.82) is 0 Å². The van der Waals surface area contributed by atoms with Gasteiger partial charge in [-0.15, -0.1) is 0 Å². The number of pyridine rings is 1. The number of H-pyrrole nitrogens is 1. The fourth-order valence-corrected chi connectivity index (χ4v) is 1.08. The van der Waals surface area contributed by atoms with Crippen molar-refractivity contribution in [1.82, 2.24) is 4.98 Å². The molecule has 1 aromatic heterocycles. The second-order valence-corrected chi connectivity index (χ2v) is 3.58. The van der Waals surface area contributed by atoms with Crippen molar-refractivity contribution in [2.45, 2.75) is 26.1 Å². The zero-order valence-corrected chi connectivity index (χ0v) is 9.09. The number of aromatic amines is 1. The first-order valence-corrected chi connectivity index (χ1v) is 4.72. The minimum atomic E-state index is -4.63. The molecule has 0 aliphatic heterocycles. The molecule has 0 atom stereocenters. The van der Waals surface area contributed by atoms with Crippen LogP contribution < -0.4 is 5.56 Å². The summed E-state index contributed by atoms with van der Waals surface area (Å²) in [5, 5.41) is 0. The summed E-state index contributed by atoms with van der Waals surface area (Å²) in [4.78, 5) is 24.4. The van der Waals surface area contributed by atoms with Crippen molar-refractivity contribution in [3.05, 3.63) is 33.7 Å². The van der Waals surface area contributed by atoms with Crippen LogP contribution in [0.1, 0.15) is 29.8 Å². The number of carbonyl (C=O) groups is 1. The monoisotopic (exact) mass is 249 g/mol. The highest BCUT2D eigenvalue weighted by atomic mass is 19.4. The van der Waals surface area contributed by atoms with Crippen molar-refractivity contribution in [2.24, 2.45) is 0 Å². The molecule has 0 saturated heterocycles. The molecule has 1 heterocycles. The fraction of sp³-hybridized carbons (Fsp3) is 0.400. The molecular weight excluding hydrogens is 239 g/mol. The first-order chi connectivity index (χ1) is 7.71.